The molecule has 1 saturated carbocycles. The Labute approximate surface area is 86.2 Å². The van der Waals surface area contributed by atoms with E-state index in [0.717, 1.165) is 24.8 Å². The van der Waals surface area contributed by atoms with E-state index < -0.39 is 0 Å². The van der Waals surface area contributed by atoms with E-state index in [4.69, 9.17) is 0 Å². The number of amides is 1. The average Bonchev–Trinajstić information content (AvgIpc) is 2.21. The molecular formula is C11H21NO2. The third kappa shape index (κ3) is 3.99. The molecule has 0 aromatic rings. The minimum atomic E-state index is -0.311. The van der Waals surface area contributed by atoms with Gasteiger partial charge in [-0.2, -0.15) is 0 Å². The Morgan fingerprint density at radius 3 is 2.57 bits per heavy atom. The number of hydrogen-bond donors (Lipinski definition) is 1. The molecule has 1 N–H and O–H groups in total. The maximum Gasteiger partial charge on any atom is 0.406 e. The molecule has 1 amide bonds. The van der Waals surface area contributed by atoms with Crippen molar-refractivity contribution in [2.75, 3.05) is 13.7 Å². The van der Waals surface area contributed by atoms with Gasteiger partial charge in [0.05, 0.1) is 7.11 Å². The highest BCUT2D eigenvalue weighted by atomic mass is 16.5. The minimum absolute atomic E-state index is 0.311. The second-order valence-electron chi connectivity index (χ2n) is 4.33. The third-order valence-corrected chi connectivity index (χ3v) is 3.14. The summed E-state index contributed by atoms with van der Waals surface area (Å²) in [5.74, 6) is 1.71. The van der Waals surface area contributed by atoms with Crippen LogP contribution in [0.4, 0.5) is 4.79 Å². The largest absolute Gasteiger partial charge is 0.453 e. The lowest BCUT2D eigenvalue weighted by Gasteiger charge is -2.25. The van der Waals surface area contributed by atoms with E-state index in [2.05, 4.69) is 17.0 Å². The van der Waals surface area contributed by atoms with Crippen molar-refractivity contribution in [1.29, 1.82) is 0 Å². The number of methoxy groups -OCH3 is 1. The van der Waals surface area contributed by atoms with Crippen molar-refractivity contribution in [3.8, 4) is 0 Å². The van der Waals surface area contributed by atoms with Gasteiger partial charge in [-0.05, 0) is 18.3 Å². The number of carbonyl (C=O) groups is 1. The normalized spacial score (nSPS) is 27.0. The molecule has 3 heteroatoms. The molecule has 0 radical (unpaired) electrons. The van der Waals surface area contributed by atoms with Gasteiger partial charge in [-0.15, -0.1) is 0 Å². The third-order valence-electron chi connectivity index (χ3n) is 3.14. The Hall–Kier alpha value is -0.730. The van der Waals surface area contributed by atoms with E-state index in [1.165, 1.54) is 32.8 Å². The summed E-state index contributed by atoms with van der Waals surface area (Å²) < 4.78 is 4.51. The summed E-state index contributed by atoms with van der Waals surface area (Å²) in [6.07, 6.45) is 6.14. The Bertz CT molecular complexity index is 174. The number of rotatable bonds is 3. The minimum Gasteiger partial charge on any atom is -0.453 e. The monoisotopic (exact) mass is 199 g/mol. The van der Waals surface area contributed by atoms with E-state index in [1.54, 1.807) is 0 Å². The molecule has 0 aliphatic heterocycles. The molecule has 0 unspecified atom stereocenters. The van der Waals surface area contributed by atoms with Gasteiger partial charge in [-0.25, -0.2) is 4.79 Å². The maximum absolute atomic E-state index is 10.8. The predicted molar refractivity (Wildman–Crippen MR) is 56.1 cm³/mol. The van der Waals surface area contributed by atoms with Crippen LogP contribution in [0.25, 0.3) is 0 Å². The Kier molecular flexibility index (Phi) is 4.77. The van der Waals surface area contributed by atoms with E-state index in [-0.39, 0.29) is 6.09 Å². The van der Waals surface area contributed by atoms with Crippen LogP contribution in [0.3, 0.4) is 0 Å². The van der Waals surface area contributed by atoms with Crippen molar-refractivity contribution in [2.45, 2.75) is 39.0 Å². The van der Waals surface area contributed by atoms with Gasteiger partial charge in [0.25, 0.3) is 0 Å². The molecule has 1 aliphatic carbocycles. The number of alkyl carbamates (subject to hydrolysis) is 1. The SMILES string of the molecule is COC(=O)NCCC1CCC(C)CC1. The molecule has 0 aromatic carbocycles. The van der Waals surface area contributed by atoms with Crippen LogP contribution in [-0.2, 0) is 4.74 Å². The van der Waals surface area contributed by atoms with Crippen molar-refractivity contribution in [2.24, 2.45) is 11.8 Å². The smallest absolute Gasteiger partial charge is 0.406 e. The van der Waals surface area contributed by atoms with Crippen molar-refractivity contribution in [3.63, 3.8) is 0 Å². The molecule has 0 spiro atoms. The zero-order valence-electron chi connectivity index (χ0n) is 9.21. The highest BCUT2D eigenvalue weighted by Crippen LogP contribution is 2.29. The zero-order valence-corrected chi connectivity index (χ0v) is 9.21. The quantitative estimate of drug-likeness (QED) is 0.758. The first-order chi connectivity index (χ1) is 6.72. The van der Waals surface area contributed by atoms with Gasteiger partial charge in [0.15, 0.2) is 0 Å². The van der Waals surface area contributed by atoms with Crippen LogP contribution in [0.5, 0.6) is 0 Å². The fourth-order valence-corrected chi connectivity index (χ4v) is 2.07. The van der Waals surface area contributed by atoms with Crippen LogP contribution in [0.1, 0.15) is 39.0 Å². The summed E-state index contributed by atoms with van der Waals surface area (Å²) in [5, 5.41) is 2.73. The van der Waals surface area contributed by atoms with Crippen molar-refractivity contribution >= 4 is 6.09 Å². The van der Waals surface area contributed by atoms with Gasteiger partial charge < -0.3 is 10.1 Å². The van der Waals surface area contributed by atoms with Gasteiger partial charge >= 0.3 is 6.09 Å². The second kappa shape index (κ2) is 5.89. The lowest BCUT2D eigenvalue weighted by atomic mass is 9.81. The second-order valence-corrected chi connectivity index (χ2v) is 4.33. The number of hydrogen-bond acceptors (Lipinski definition) is 2. The average molecular weight is 199 g/mol. The van der Waals surface area contributed by atoms with Crippen LogP contribution in [0.2, 0.25) is 0 Å². The highest BCUT2D eigenvalue weighted by Gasteiger charge is 2.17. The molecule has 0 bridgehead atoms. The molecule has 0 atom stereocenters. The van der Waals surface area contributed by atoms with Crippen LogP contribution < -0.4 is 5.32 Å². The Balaban J connectivity index is 2.04. The lowest BCUT2D eigenvalue weighted by molar-refractivity contribution is 0.169. The first-order valence-electron chi connectivity index (χ1n) is 5.54. The molecule has 0 saturated heterocycles. The van der Waals surface area contributed by atoms with Gasteiger partial charge in [0.1, 0.15) is 0 Å². The van der Waals surface area contributed by atoms with Crippen LogP contribution in [0.15, 0.2) is 0 Å². The molecular weight excluding hydrogens is 178 g/mol. The van der Waals surface area contributed by atoms with Crippen molar-refractivity contribution in [1.82, 2.24) is 5.32 Å². The van der Waals surface area contributed by atoms with E-state index in [1.807, 2.05) is 0 Å². The summed E-state index contributed by atoms with van der Waals surface area (Å²) in [6.45, 7) is 3.08. The molecule has 0 aromatic heterocycles. The van der Waals surface area contributed by atoms with Crippen LogP contribution in [0, 0.1) is 11.8 Å². The van der Waals surface area contributed by atoms with Crippen molar-refractivity contribution < 1.29 is 9.53 Å². The fraction of sp³-hybridized carbons (Fsp3) is 0.909. The Morgan fingerprint density at radius 2 is 2.00 bits per heavy atom. The maximum atomic E-state index is 10.8. The first-order valence-corrected chi connectivity index (χ1v) is 5.54. The molecule has 0 heterocycles. The molecule has 3 nitrogen and oxygen atoms in total. The highest BCUT2D eigenvalue weighted by molar-refractivity contribution is 5.66. The first kappa shape index (κ1) is 11.3. The van der Waals surface area contributed by atoms with Crippen LogP contribution >= 0.6 is 0 Å². The molecule has 14 heavy (non-hydrogen) atoms. The summed E-state index contributed by atoms with van der Waals surface area (Å²) in [7, 11) is 1.40. The summed E-state index contributed by atoms with van der Waals surface area (Å²) >= 11 is 0. The fourth-order valence-electron chi connectivity index (χ4n) is 2.07. The van der Waals surface area contributed by atoms with Crippen molar-refractivity contribution in [3.05, 3.63) is 0 Å². The van der Waals surface area contributed by atoms with Gasteiger partial charge in [-0.1, -0.05) is 32.6 Å². The molecule has 1 rings (SSSR count). The molecule has 82 valence electrons. The molecule has 1 aliphatic rings. The number of carbonyl (C=O) groups excluding carboxylic acids is 1. The topological polar surface area (TPSA) is 38.3 Å². The summed E-state index contributed by atoms with van der Waals surface area (Å²) in [5.41, 5.74) is 0. The standard InChI is InChI=1S/C11H21NO2/c1-9-3-5-10(6-4-9)7-8-12-11(13)14-2/h9-10H,3-8H2,1-2H3,(H,12,13). The number of ether oxygens (including phenoxy) is 1. The van der Waals surface area contributed by atoms with Gasteiger partial charge in [-0.3, -0.25) is 0 Å². The molecule has 1 fully saturated rings. The van der Waals surface area contributed by atoms with Gasteiger partial charge in [0.2, 0.25) is 0 Å². The summed E-state index contributed by atoms with van der Waals surface area (Å²) in [4.78, 5) is 10.8. The zero-order chi connectivity index (χ0) is 10.4. The van der Waals surface area contributed by atoms with E-state index in [0.29, 0.717) is 0 Å². The lowest BCUT2D eigenvalue weighted by Crippen LogP contribution is -2.26. The summed E-state index contributed by atoms with van der Waals surface area (Å²) in [6, 6.07) is 0. The van der Waals surface area contributed by atoms with Gasteiger partial charge in [0, 0.05) is 6.54 Å². The Morgan fingerprint density at radius 1 is 1.36 bits per heavy atom. The number of nitrogens with one attached hydrogen (secondary N) is 1. The predicted octanol–water partition coefficient (Wildman–Crippen LogP) is 2.56. The van der Waals surface area contributed by atoms with E-state index in [9.17, 15) is 4.79 Å². The van der Waals surface area contributed by atoms with Crippen LogP contribution in [-0.4, -0.2) is 19.7 Å². The van der Waals surface area contributed by atoms with E-state index >= 15 is 0 Å².